The quantitative estimate of drug-likeness (QED) is 0.0584. The van der Waals surface area contributed by atoms with Crippen molar-refractivity contribution in [1.82, 2.24) is 20.1 Å². The van der Waals surface area contributed by atoms with Crippen molar-refractivity contribution in [2.45, 2.75) is 38.6 Å². The van der Waals surface area contributed by atoms with E-state index in [1.165, 1.54) is 14.2 Å². The highest BCUT2D eigenvalue weighted by Crippen LogP contribution is 2.40. The summed E-state index contributed by atoms with van der Waals surface area (Å²) in [5.74, 6) is 0.117. The van der Waals surface area contributed by atoms with Crippen LogP contribution in [0.2, 0.25) is 0 Å². The van der Waals surface area contributed by atoms with Gasteiger partial charge in [0, 0.05) is 74.1 Å². The molecule has 0 radical (unpaired) electrons. The Morgan fingerprint density at radius 3 is 2.21 bits per heavy atom. The number of piperazine rings is 1. The maximum Gasteiger partial charge on any atom is 0.323 e. The number of sulfonamides is 1. The van der Waals surface area contributed by atoms with Gasteiger partial charge in [-0.25, -0.2) is 18.2 Å². The lowest BCUT2D eigenvalue weighted by atomic mass is 9.86. The predicted molar refractivity (Wildman–Crippen MR) is 253 cm³/mol. The second kappa shape index (κ2) is 20.8. The van der Waals surface area contributed by atoms with Gasteiger partial charge in [-0.05, 0) is 53.4 Å². The molecule has 0 aliphatic carbocycles. The number of aromatic nitrogens is 1. The summed E-state index contributed by atoms with van der Waals surface area (Å²) >= 11 is 0. The molecule has 1 atom stereocenters. The van der Waals surface area contributed by atoms with Crippen LogP contribution in [0.1, 0.15) is 43.1 Å². The fourth-order valence-corrected chi connectivity index (χ4v) is 7.77. The average molecular weight is 926 g/mol. The van der Waals surface area contributed by atoms with Crippen molar-refractivity contribution in [2.75, 3.05) is 80.4 Å². The molecule has 5 aromatic rings. The van der Waals surface area contributed by atoms with Gasteiger partial charge in [0.05, 0.1) is 49.5 Å². The Morgan fingerprint density at radius 1 is 0.848 bits per heavy atom. The highest BCUT2D eigenvalue weighted by molar-refractivity contribution is 7.92. The van der Waals surface area contributed by atoms with E-state index in [1.807, 2.05) is 45.0 Å². The van der Waals surface area contributed by atoms with Gasteiger partial charge in [0.1, 0.15) is 29.1 Å². The van der Waals surface area contributed by atoms with Crippen LogP contribution in [0.4, 0.5) is 33.4 Å². The number of carbonyl (C=O) groups excluding carboxylic acids is 3. The van der Waals surface area contributed by atoms with Gasteiger partial charge >= 0.3 is 12.0 Å². The number of nitrogens with two attached hydrogens (primary N) is 1. The van der Waals surface area contributed by atoms with E-state index in [0.29, 0.717) is 90.0 Å². The number of carbonyl (C=O) groups is 4. The molecule has 8 N–H and O–H groups in total. The van der Waals surface area contributed by atoms with Gasteiger partial charge in [0.15, 0.2) is 5.75 Å². The van der Waals surface area contributed by atoms with E-state index < -0.39 is 28.1 Å². The Morgan fingerprint density at radius 2 is 1.55 bits per heavy atom. The minimum atomic E-state index is -3.66. The van der Waals surface area contributed by atoms with Gasteiger partial charge in [0.25, 0.3) is 5.91 Å². The van der Waals surface area contributed by atoms with E-state index in [2.05, 4.69) is 35.9 Å². The molecule has 20 heteroatoms. The summed E-state index contributed by atoms with van der Waals surface area (Å²) in [6.07, 6.45) is 2.38. The van der Waals surface area contributed by atoms with Crippen LogP contribution in [-0.2, 0) is 25.0 Å². The molecule has 0 spiro atoms. The molecule has 0 bridgehead atoms. The van der Waals surface area contributed by atoms with Gasteiger partial charge in [-0.3, -0.25) is 24.0 Å². The van der Waals surface area contributed by atoms with Crippen molar-refractivity contribution < 1.29 is 46.9 Å². The summed E-state index contributed by atoms with van der Waals surface area (Å²) in [4.78, 5) is 58.3. The third-order valence-electron chi connectivity index (χ3n) is 10.7. The first-order valence-electron chi connectivity index (χ1n) is 21.0. The Labute approximate surface area is 383 Å². The molecule has 350 valence electrons. The highest BCUT2D eigenvalue weighted by atomic mass is 32.2. The zero-order valence-corrected chi connectivity index (χ0v) is 38.4. The largest absolute Gasteiger partial charge is 0.496 e. The highest BCUT2D eigenvalue weighted by Gasteiger charge is 2.26. The van der Waals surface area contributed by atoms with Crippen molar-refractivity contribution in [3.63, 3.8) is 0 Å². The van der Waals surface area contributed by atoms with E-state index in [1.54, 1.807) is 65.7 Å². The van der Waals surface area contributed by atoms with E-state index in [4.69, 9.17) is 25.1 Å². The molecule has 19 nitrogen and oxygen atoms in total. The third kappa shape index (κ3) is 12.5. The number of aliphatic carboxylic acids is 1. The number of pyridine rings is 1. The van der Waals surface area contributed by atoms with Gasteiger partial charge < -0.3 is 51.2 Å². The summed E-state index contributed by atoms with van der Waals surface area (Å²) < 4.78 is 44.4. The van der Waals surface area contributed by atoms with E-state index >= 15 is 0 Å². The van der Waals surface area contributed by atoms with Crippen LogP contribution in [0, 0.1) is 0 Å². The van der Waals surface area contributed by atoms with Crippen LogP contribution in [0.5, 0.6) is 23.0 Å². The Balaban J connectivity index is 1.08. The first-order valence-corrected chi connectivity index (χ1v) is 22.9. The molecule has 4 amide bonds. The van der Waals surface area contributed by atoms with Crippen molar-refractivity contribution >= 4 is 73.2 Å². The molecule has 0 saturated carbocycles. The topological polar surface area (TPSA) is 256 Å². The monoisotopic (exact) mass is 925 g/mol. The first kappa shape index (κ1) is 48.3. The predicted octanol–water partition coefficient (Wildman–Crippen LogP) is 5.78. The van der Waals surface area contributed by atoms with E-state index in [-0.39, 0.29) is 40.8 Å². The minimum absolute atomic E-state index is 0.152. The Bertz CT molecular complexity index is 2720. The number of anilines is 5. The minimum Gasteiger partial charge on any atom is -0.496 e. The number of nitrogens with one attached hydrogen (secondary N) is 5. The SMILES string of the molecule is COc1cc(Nc2cc(Oc3ccc(NC(=O)Nc4cc(C(C)(C)C)cc(NS(C)(=O)=O)c4OC)c4ccccc34)ccn2)ccc1C(=O)NCCN1CCN(C(=O)C[C@@H](N)C(=O)O)CC1. The fraction of sp³-hybridized carbons (Fsp3) is 0.326. The van der Waals surface area contributed by atoms with Crippen LogP contribution in [0.3, 0.4) is 0 Å². The first-order chi connectivity index (χ1) is 31.3. The average Bonchev–Trinajstić information content (AvgIpc) is 3.26. The molecule has 1 saturated heterocycles. The van der Waals surface area contributed by atoms with Gasteiger partial charge in [-0.2, -0.15) is 0 Å². The number of hydrogen-bond acceptors (Lipinski definition) is 13. The van der Waals surface area contributed by atoms with Gasteiger partial charge in [0.2, 0.25) is 15.9 Å². The van der Waals surface area contributed by atoms with Crippen LogP contribution in [0.25, 0.3) is 10.8 Å². The smallest absolute Gasteiger partial charge is 0.323 e. The number of carboxylic acid groups (broad SMARTS) is 1. The van der Waals surface area contributed by atoms with Gasteiger partial charge in [-0.15, -0.1) is 0 Å². The molecule has 1 fully saturated rings. The molecule has 6 rings (SSSR count). The maximum atomic E-state index is 13.5. The van der Waals surface area contributed by atoms with Crippen molar-refractivity contribution in [2.24, 2.45) is 5.73 Å². The van der Waals surface area contributed by atoms with Crippen molar-refractivity contribution in [3.8, 4) is 23.0 Å². The lowest BCUT2D eigenvalue weighted by Gasteiger charge is -2.35. The number of nitrogens with zero attached hydrogens (tertiary/aromatic N) is 3. The number of benzene rings is 4. The fourth-order valence-electron chi connectivity index (χ4n) is 7.22. The number of carboxylic acids is 1. The molecule has 66 heavy (non-hydrogen) atoms. The Hall–Kier alpha value is -7.16. The summed E-state index contributed by atoms with van der Waals surface area (Å²) in [6.45, 7) is 8.88. The van der Waals surface area contributed by atoms with Gasteiger partial charge in [-0.1, -0.05) is 45.0 Å². The molecule has 0 unspecified atom stereocenters. The maximum absolute atomic E-state index is 13.5. The number of hydrogen-bond donors (Lipinski definition) is 7. The third-order valence-corrected chi connectivity index (χ3v) is 11.3. The summed E-state index contributed by atoms with van der Waals surface area (Å²) in [5.41, 5.74) is 7.80. The number of amides is 4. The molecule has 1 aliphatic heterocycles. The molecule has 2 heterocycles. The number of ether oxygens (including phenoxy) is 3. The zero-order valence-electron chi connectivity index (χ0n) is 37.6. The number of rotatable bonds is 17. The zero-order chi connectivity index (χ0) is 47.8. The van der Waals surface area contributed by atoms with Crippen LogP contribution in [0.15, 0.2) is 85.1 Å². The summed E-state index contributed by atoms with van der Waals surface area (Å²) in [6, 6.07) is 21.0. The standard InChI is InChI=1S/C46H55N9O10S/c1-46(2,3)28-23-36(42(64-5)37(24-28)53-66(6,61)62)52-45(60)51-35-13-14-38(32-10-8-7-9-31(32)35)65-30-15-16-48-40(26-30)50-29-11-12-33(39(25-29)63-4)43(57)49-17-18-54-19-21-55(22-20-54)41(56)27-34(47)44(58)59/h7-16,23-26,34,53H,17-22,27,47H2,1-6H3,(H,48,50)(H,49,57)(H,58,59)(H2,51,52,60)/t34-/m1/s1. The lowest BCUT2D eigenvalue weighted by Crippen LogP contribution is -2.51. The number of urea groups is 1. The van der Waals surface area contributed by atoms with Crippen molar-refractivity contribution in [1.29, 1.82) is 0 Å². The second-order valence-electron chi connectivity index (χ2n) is 16.6. The van der Waals surface area contributed by atoms with Crippen LogP contribution < -0.4 is 45.9 Å². The summed E-state index contributed by atoms with van der Waals surface area (Å²) in [5, 5.41) is 22.3. The molecular weight excluding hydrogens is 871 g/mol. The number of methoxy groups -OCH3 is 2. The molecule has 1 aromatic heterocycles. The molecule has 4 aromatic carbocycles. The van der Waals surface area contributed by atoms with Crippen LogP contribution >= 0.6 is 0 Å². The normalized spacial score (nSPS) is 13.6. The van der Waals surface area contributed by atoms with E-state index in [0.717, 1.165) is 11.8 Å². The van der Waals surface area contributed by atoms with Crippen molar-refractivity contribution in [3.05, 3.63) is 96.2 Å². The van der Waals surface area contributed by atoms with E-state index in [9.17, 15) is 27.6 Å². The molecule has 1 aliphatic rings. The second-order valence-corrected chi connectivity index (χ2v) is 18.4. The lowest BCUT2D eigenvalue weighted by molar-refractivity contribution is -0.143. The summed E-state index contributed by atoms with van der Waals surface area (Å²) in [7, 11) is -0.793. The van der Waals surface area contributed by atoms with Crippen LogP contribution in [-0.4, -0.2) is 118 Å². The molecular formula is C46H55N9O10S. The Kier molecular flexibility index (Phi) is 15.2. The number of fused-ring (bicyclic) bond motifs is 1.